The molecule has 0 radical (unpaired) electrons. The maximum Gasteiger partial charge on any atom is 0.358 e. The topological polar surface area (TPSA) is 68.3 Å². The number of benzene rings is 1. The molecule has 3 aromatic rings. The minimum atomic E-state index is -0.881. The monoisotopic (exact) mass is 412 g/mol. The van der Waals surface area contributed by atoms with Crippen LogP contribution in [0.3, 0.4) is 0 Å². The smallest absolute Gasteiger partial charge is 0.358 e. The van der Waals surface area contributed by atoms with Crippen molar-refractivity contribution in [2.75, 3.05) is 0 Å². The number of aryl methyl sites for hydroxylation is 1. The lowest BCUT2D eigenvalue weighted by molar-refractivity contribution is -0.130. The Hall–Kier alpha value is -2.51. The predicted molar refractivity (Wildman–Crippen MR) is 111 cm³/mol. The minimum absolute atomic E-state index is 0.0386. The molecule has 0 spiro atoms. The van der Waals surface area contributed by atoms with Gasteiger partial charge in [0.25, 0.3) is 5.91 Å². The number of carbonyl (C=O) groups is 2. The van der Waals surface area contributed by atoms with Crippen LogP contribution in [0.5, 0.6) is 0 Å². The van der Waals surface area contributed by atoms with Gasteiger partial charge < -0.3 is 10.1 Å². The van der Waals surface area contributed by atoms with Crippen LogP contribution < -0.4 is 5.32 Å². The molecule has 1 aliphatic rings. The molecule has 1 aliphatic carbocycles. The minimum Gasteiger partial charge on any atom is -0.448 e. The zero-order chi connectivity index (χ0) is 19.5. The van der Waals surface area contributed by atoms with Crippen molar-refractivity contribution in [1.82, 2.24) is 10.3 Å². The van der Waals surface area contributed by atoms with Gasteiger partial charge in [-0.3, -0.25) is 4.79 Å². The van der Waals surface area contributed by atoms with E-state index in [4.69, 9.17) is 4.74 Å². The third-order valence-electron chi connectivity index (χ3n) is 4.78. The molecule has 7 heteroatoms. The summed E-state index contributed by atoms with van der Waals surface area (Å²) < 4.78 is 5.35. The second kappa shape index (κ2) is 8.24. The van der Waals surface area contributed by atoms with E-state index in [9.17, 15) is 9.59 Å². The molecule has 28 heavy (non-hydrogen) atoms. The average molecular weight is 413 g/mol. The Balaban J connectivity index is 1.38. The number of fused-ring (bicyclic) bond motifs is 1. The molecule has 2 atom stereocenters. The normalized spacial score (nSPS) is 16.8. The average Bonchev–Trinajstić information content (AvgIpc) is 3.40. The molecule has 1 N–H and O–H groups in total. The molecule has 0 unspecified atom stereocenters. The quantitative estimate of drug-likeness (QED) is 0.622. The van der Waals surface area contributed by atoms with Gasteiger partial charge in [-0.25, -0.2) is 9.78 Å². The molecule has 0 saturated carbocycles. The number of hydrogen-bond acceptors (Lipinski definition) is 6. The Kier molecular flexibility index (Phi) is 5.54. The van der Waals surface area contributed by atoms with E-state index in [2.05, 4.69) is 22.4 Å². The first-order valence-electron chi connectivity index (χ1n) is 9.20. The second-order valence-electron chi connectivity index (χ2n) is 6.71. The van der Waals surface area contributed by atoms with Gasteiger partial charge in [0.2, 0.25) is 0 Å². The number of esters is 1. The van der Waals surface area contributed by atoms with E-state index < -0.39 is 12.1 Å². The van der Waals surface area contributed by atoms with E-state index in [1.54, 1.807) is 23.6 Å². The van der Waals surface area contributed by atoms with Crippen LogP contribution in [0.25, 0.3) is 9.88 Å². The van der Waals surface area contributed by atoms with Crippen LogP contribution in [-0.4, -0.2) is 23.0 Å². The molecular weight excluding hydrogens is 392 g/mol. The van der Waals surface area contributed by atoms with Gasteiger partial charge in [0.1, 0.15) is 5.01 Å². The highest BCUT2D eigenvalue weighted by molar-refractivity contribution is 7.20. The number of nitrogens with zero attached hydrogens (tertiary/aromatic N) is 1. The van der Waals surface area contributed by atoms with Gasteiger partial charge in [0.05, 0.1) is 10.9 Å². The second-order valence-corrected chi connectivity index (χ2v) is 8.52. The van der Waals surface area contributed by atoms with Crippen LogP contribution >= 0.6 is 22.7 Å². The van der Waals surface area contributed by atoms with Crippen molar-refractivity contribution in [2.45, 2.75) is 38.3 Å². The van der Waals surface area contributed by atoms with Crippen molar-refractivity contribution < 1.29 is 14.3 Å². The number of hydrogen-bond donors (Lipinski definition) is 1. The number of rotatable bonds is 5. The van der Waals surface area contributed by atoms with Crippen molar-refractivity contribution >= 4 is 34.6 Å². The highest BCUT2D eigenvalue weighted by Crippen LogP contribution is 2.30. The van der Waals surface area contributed by atoms with Crippen molar-refractivity contribution in [3.63, 3.8) is 0 Å². The fourth-order valence-electron chi connectivity index (χ4n) is 3.35. The van der Waals surface area contributed by atoms with Gasteiger partial charge in [-0.1, -0.05) is 30.3 Å². The summed E-state index contributed by atoms with van der Waals surface area (Å²) in [6, 6.07) is 12.0. The standard InChI is InChI=1S/C21H20N2O3S2/c1-13(19(24)22-16-9-4-7-14-6-2-3-8-15(14)16)26-21(25)17-12-28-20(23-17)18-10-5-11-27-18/h2-3,5-6,8,10-13,16H,4,7,9H2,1H3,(H,22,24)/t13-,16-/m1/s1. The zero-order valence-electron chi connectivity index (χ0n) is 15.4. The predicted octanol–water partition coefficient (Wildman–Crippen LogP) is 4.61. The van der Waals surface area contributed by atoms with E-state index >= 15 is 0 Å². The molecular formula is C21H20N2O3S2. The maximum atomic E-state index is 12.6. The fraction of sp³-hybridized carbons (Fsp3) is 0.286. The Bertz CT molecular complexity index is 981. The van der Waals surface area contributed by atoms with Crippen LogP contribution in [0.4, 0.5) is 0 Å². The van der Waals surface area contributed by atoms with E-state index in [0.717, 1.165) is 34.7 Å². The summed E-state index contributed by atoms with van der Waals surface area (Å²) in [5.74, 6) is -0.866. The van der Waals surface area contributed by atoms with Gasteiger partial charge in [-0.2, -0.15) is 0 Å². The summed E-state index contributed by atoms with van der Waals surface area (Å²) in [5.41, 5.74) is 2.66. The van der Waals surface area contributed by atoms with Gasteiger partial charge in [-0.15, -0.1) is 22.7 Å². The van der Waals surface area contributed by atoms with E-state index in [1.807, 2.05) is 29.6 Å². The lowest BCUT2D eigenvalue weighted by atomic mass is 9.87. The number of carbonyl (C=O) groups excluding carboxylic acids is 2. The van der Waals surface area contributed by atoms with Crippen LogP contribution in [0.2, 0.25) is 0 Å². The Morgan fingerprint density at radius 2 is 2.07 bits per heavy atom. The van der Waals surface area contributed by atoms with Crippen LogP contribution in [0, 0.1) is 0 Å². The Morgan fingerprint density at radius 3 is 2.89 bits per heavy atom. The molecule has 1 aromatic carbocycles. The van der Waals surface area contributed by atoms with Crippen molar-refractivity contribution in [1.29, 1.82) is 0 Å². The SMILES string of the molecule is C[C@@H](OC(=O)c1csc(-c2cccs2)n1)C(=O)N[C@@H]1CCCc2ccccc21. The summed E-state index contributed by atoms with van der Waals surface area (Å²) in [7, 11) is 0. The van der Waals surface area contributed by atoms with Gasteiger partial charge in [-0.05, 0) is 48.8 Å². The first kappa shape index (κ1) is 18.8. The third-order valence-corrected chi connectivity index (χ3v) is 6.67. The number of amides is 1. The number of ether oxygens (including phenoxy) is 1. The Labute approximate surface area is 171 Å². The zero-order valence-corrected chi connectivity index (χ0v) is 17.0. The fourth-order valence-corrected chi connectivity index (χ4v) is 4.95. The number of thiophene rings is 1. The van der Waals surface area contributed by atoms with E-state index in [-0.39, 0.29) is 17.6 Å². The highest BCUT2D eigenvalue weighted by Gasteiger charge is 2.26. The van der Waals surface area contributed by atoms with Crippen LogP contribution in [-0.2, 0) is 16.0 Å². The Morgan fingerprint density at radius 1 is 1.21 bits per heavy atom. The maximum absolute atomic E-state index is 12.6. The summed E-state index contributed by atoms with van der Waals surface area (Å²) >= 11 is 2.96. The molecule has 0 saturated heterocycles. The summed E-state index contributed by atoms with van der Waals surface area (Å²) in [6.45, 7) is 1.59. The van der Waals surface area contributed by atoms with Crippen molar-refractivity contribution in [3.05, 3.63) is 64.0 Å². The third kappa shape index (κ3) is 4.00. The lowest BCUT2D eigenvalue weighted by Gasteiger charge is -2.27. The van der Waals surface area contributed by atoms with Crippen molar-refractivity contribution in [2.24, 2.45) is 0 Å². The van der Waals surface area contributed by atoms with Crippen LogP contribution in [0.1, 0.15) is 47.4 Å². The van der Waals surface area contributed by atoms with E-state index in [0.29, 0.717) is 0 Å². The molecule has 144 valence electrons. The largest absolute Gasteiger partial charge is 0.448 e. The molecule has 0 aliphatic heterocycles. The van der Waals surface area contributed by atoms with Gasteiger partial charge in [0.15, 0.2) is 11.8 Å². The number of nitrogens with one attached hydrogen (secondary N) is 1. The lowest BCUT2D eigenvalue weighted by Crippen LogP contribution is -2.39. The van der Waals surface area contributed by atoms with Gasteiger partial charge >= 0.3 is 5.97 Å². The first-order chi connectivity index (χ1) is 13.6. The number of thiazole rings is 1. The van der Waals surface area contributed by atoms with Gasteiger partial charge in [0, 0.05) is 5.38 Å². The molecule has 2 aromatic heterocycles. The molecule has 2 heterocycles. The molecule has 5 nitrogen and oxygen atoms in total. The molecule has 1 amide bonds. The summed E-state index contributed by atoms with van der Waals surface area (Å²) in [5, 5.41) is 7.43. The summed E-state index contributed by atoms with van der Waals surface area (Å²) in [6.07, 6.45) is 2.07. The summed E-state index contributed by atoms with van der Waals surface area (Å²) in [4.78, 5) is 30.3. The van der Waals surface area contributed by atoms with Crippen LogP contribution in [0.15, 0.2) is 47.2 Å². The molecule has 0 fully saturated rings. The van der Waals surface area contributed by atoms with Crippen molar-refractivity contribution in [3.8, 4) is 9.88 Å². The molecule has 0 bridgehead atoms. The first-order valence-corrected chi connectivity index (χ1v) is 11.0. The van der Waals surface area contributed by atoms with E-state index in [1.165, 1.54) is 16.9 Å². The molecule has 4 rings (SSSR count). The number of aromatic nitrogens is 1. The highest BCUT2D eigenvalue weighted by atomic mass is 32.1.